The average Bonchev–Trinajstić information content (AvgIpc) is 2.69. The van der Waals surface area contributed by atoms with Crippen LogP contribution in [0.3, 0.4) is 0 Å². The molecule has 0 aliphatic carbocycles. The van der Waals surface area contributed by atoms with Crippen molar-refractivity contribution >= 4 is 40.8 Å². The van der Waals surface area contributed by atoms with Crippen LogP contribution in [0.25, 0.3) is 0 Å². The molecule has 0 radical (unpaired) electrons. The van der Waals surface area contributed by atoms with Gasteiger partial charge >= 0.3 is 12.1 Å². The van der Waals surface area contributed by atoms with Crippen molar-refractivity contribution in [1.29, 1.82) is 0 Å². The molecule has 0 spiro atoms. The molecular weight excluding hydrogens is 404 g/mol. The summed E-state index contributed by atoms with van der Waals surface area (Å²) in [5.74, 6) is 0. The minimum absolute atomic E-state index is 0.272. The zero-order valence-electron chi connectivity index (χ0n) is 17.4. The lowest BCUT2D eigenvalue weighted by Crippen LogP contribution is -2.50. The van der Waals surface area contributed by atoms with Gasteiger partial charge in [0.2, 0.25) is 0 Å². The van der Waals surface area contributed by atoms with E-state index in [4.69, 9.17) is 16.3 Å². The van der Waals surface area contributed by atoms with Crippen LogP contribution in [-0.4, -0.2) is 48.8 Å². The Hall–Kier alpha value is -2.93. The number of amides is 3. The first-order valence-electron chi connectivity index (χ1n) is 9.87. The van der Waals surface area contributed by atoms with E-state index in [-0.39, 0.29) is 12.1 Å². The van der Waals surface area contributed by atoms with Crippen LogP contribution in [0, 0.1) is 0 Å². The van der Waals surface area contributed by atoms with E-state index in [9.17, 15) is 9.59 Å². The summed E-state index contributed by atoms with van der Waals surface area (Å²) in [5, 5.41) is 6.00. The number of nitrogens with one attached hydrogen (secondary N) is 2. The molecule has 0 unspecified atom stereocenters. The molecule has 2 N–H and O–H groups in total. The maximum atomic E-state index is 12.2. The Morgan fingerprint density at radius 1 is 0.933 bits per heavy atom. The molecule has 2 aromatic carbocycles. The molecule has 160 valence electrons. The average molecular weight is 431 g/mol. The van der Waals surface area contributed by atoms with Crippen LogP contribution in [0.2, 0.25) is 5.02 Å². The second kappa shape index (κ2) is 9.26. The van der Waals surface area contributed by atoms with Gasteiger partial charge in [-0.05, 0) is 57.2 Å². The van der Waals surface area contributed by atoms with Gasteiger partial charge in [0.05, 0.1) is 10.7 Å². The van der Waals surface area contributed by atoms with Gasteiger partial charge < -0.3 is 25.2 Å². The van der Waals surface area contributed by atoms with Crippen molar-refractivity contribution in [3.8, 4) is 0 Å². The highest BCUT2D eigenvalue weighted by molar-refractivity contribution is 6.33. The van der Waals surface area contributed by atoms with Crippen LogP contribution in [0.15, 0.2) is 48.5 Å². The summed E-state index contributed by atoms with van der Waals surface area (Å²) in [6.45, 7) is 8.25. The number of anilines is 3. The monoisotopic (exact) mass is 430 g/mol. The molecule has 1 aliphatic heterocycles. The van der Waals surface area contributed by atoms with Crippen LogP contribution in [0.1, 0.15) is 20.8 Å². The topological polar surface area (TPSA) is 73.9 Å². The summed E-state index contributed by atoms with van der Waals surface area (Å²) in [5.41, 5.74) is 1.78. The lowest BCUT2D eigenvalue weighted by Gasteiger charge is -2.36. The summed E-state index contributed by atoms with van der Waals surface area (Å²) in [4.78, 5) is 28.3. The van der Waals surface area contributed by atoms with Crippen LogP contribution in [-0.2, 0) is 4.74 Å². The van der Waals surface area contributed by atoms with E-state index in [0.29, 0.717) is 29.5 Å². The molecule has 0 atom stereocenters. The van der Waals surface area contributed by atoms with Crippen molar-refractivity contribution in [1.82, 2.24) is 4.90 Å². The van der Waals surface area contributed by atoms with E-state index in [2.05, 4.69) is 15.5 Å². The van der Waals surface area contributed by atoms with Crippen molar-refractivity contribution in [2.45, 2.75) is 26.4 Å². The van der Waals surface area contributed by atoms with Gasteiger partial charge in [-0.25, -0.2) is 9.59 Å². The van der Waals surface area contributed by atoms with Crippen LogP contribution >= 0.6 is 11.6 Å². The van der Waals surface area contributed by atoms with Gasteiger partial charge in [-0.1, -0.05) is 23.7 Å². The standard InChI is InChI=1S/C22H27ClN4O3/c1-22(2,3)30-21(29)27-14-12-26(13-15-27)17-10-8-16(9-11-17)24-20(28)25-19-7-5-4-6-18(19)23/h4-11H,12-15H2,1-3H3,(H2,24,25,28). The van der Waals surface area contributed by atoms with E-state index >= 15 is 0 Å². The Balaban J connectivity index is 1.51. The van der Waals surface area contributed by atoms with E-state index in [1.807, 2.05) is 45.0 Å². The number of benzene rings is 2. The van der Waals surface area contributed by atoms with Crippen LogP contribution in [0.4, 0.5) is 26.7 Å². The maximum absolute atomic E-state index is 12.2. The molecule has 3 amide bonds. The van der Waals surface area contributed by atoms with Crippen molar-refractivity contribution in [3.05, 3.63) is 53.6 Å². The number of hydrogen-bond acceptors (Lipinski definition) is 4. The summed E-state index contributed by atoms with van der Waals surface area (Å²) in [6, 6.07) is 14.3. The fourth-order valence-corrected chi connectivity index (χ4v) is 3.26. The number of nitrogens with zero attached hydrogens (tertiary/aromatic N) is 2. The van der Waals surface area contributed by atoms with Crippen molar-refractivity contribution < 1.29 is 14.3 Å². The Bertz CT molecular complexity index is 888. The molecule has 3 rings (SSSR count). The van der Waals surface area contributed by atoms with Crippen molar-refractivity contribution in [2.24, 2.45) is 0 Å². The highest BCUT2D eigenvalue weighted by atomic mass is 35.5. The molecular formula is C22H27ClN4O3. The number of piperazine rings is 1. The van der Waals surface area contributed by atoms with Crippen LogP contribution in [0.5, 0.6) is 0 Å². The van der Waals surface area contributed by atoms with Gasteiger partial charge in [-0.3, -0.25) is 0 Å². The smallest absolute Gasteiger partial charge is 0.410 e. The number of halogens is 1. The first-order chi connectivity index (χ1) is 14.2. The molecule has 0 bridgehead atoms. The fourth-order valence-electron chi connectivity index (χ4n) is 3.08. The Labute approximate surface area is 181 Å². The van der Waals surface area contributed by atoms with Crippen molar-refractivity contribution in [2.75, 3.05) is 41.7 Å². The number of carbonyl (C=O) groups is 2. The first-order valence-corrected chi connectivity index (χ1v) is 10.2. The Morgan fingerprint density at radius 3 is 2.17 bits per heavy atom. The molecule has 30 heavy (non-hydrogen) atoms. The van der Waals surface area contributed by atoms with Gasteiger partial charge in [0.1, 0.15) is 5.60 Å². The first kappa shape index (κ1) is 21.8. The highest BCUT2D eigenvalue weighted by Crippen LogP contribution is 2.22. The van der Waals surface area contributed by atoms with E-state index in [1.54, 1.807) is 29.2 Å². The van der Waals surface area contributed by atoms with Gasteiger partial charge in [-0.2, -0.15) is 0 Å². The second-order valence-corrected chi connectivity index (χ2v) is 8.47. The van der Waals surface area contributed by atoms with Gasteiger partial charge in [0.15, 0.2) is 0 Å². The Kier molecular flexibility index (Phi) is 6.72. The molecule has 0 aromatic heterocycles. The fraction of sp³-hybridized carbons (Fsp3) is 0.364. The number of urea groups is 1. The molecule has 2 aromatic rings. The SMILES string of the molecule is CC(C)(C)OC(=O)N1CCN(c2ccc(NC(=O)Nc3ccccc3Cl)cc2)CC1. The number of ether oxygens (including phenoxy) is 1. The molecule has 1 fully saturated rings. The third-order valence-corrected chi connectivity index (χ3v) is 4.87. The summed E-state index contributed by atoms with van der Waals surface area (Å²) >= 11 is 6.06. The number of carbonyl (C=O) groups excluding carboxylic acids is 2. The third kappa shape index (κ3) is 6.03. The molecule has 7 nitrogen and oxygen atoms in total. The van der Waals surface area contributed by atoms with Gasteiger partial charge in [-0.15, -0.1) is 0 Å². The lowest BCUT2D eigenvalue weighted by atomic mass is 10.2. The molecule has 0 saturated carbocycles. The summed E-state index contributed by atoms with van der Waals surface area (Å²) in [6.07, 6.45) is -0.272. The largest absolute Gasteiger partial charge is 0.444 e. The minimum atomic E-state index is -0.491. The molecule has 1 saturated heterocycles. The molecule has 1 aliphatic rings. The third-order valence-electron chi connectivity index (χ3n) is 4.54. The Morgan fingerprint density at radius 2 is 1.57 bits per heavy atom. The summed E-state index contributed by atoms with van der Waals surface area (Å²) < 4.78 is 5.43. The quantitative estimate of drug-likeness (QED) is 0.715. The van der Waals surface area contributed by atoms with Crippen molar-refractivity contribution in [3.63, 3.8) is 0 Å². The maximum Gasteiger partial charge on any atom is 0.410 e. The highest BCUT2D eigenvalue weighted by Gasteiger charge is 2.25. The van der Waals surface area contributed by atoms with Crippen LogP contribution < -0.4 is 15.5 Å². The predicted molar refractivity (Wildman–Crippen MR) is 121 cm³/mol. The number of rotatable bonds is 3. The lowest BCUT2D eigenvalue weighted by molar-refractivity contribution is 0.0240. The van der Waals surface area contributed by atoms with E-state index in [0.717, 1.165) is 18.8 Å². The van der Waals surface area contributed by atoms with Gasteiger partial charge in [0, 0.05) is 37.6 Å². The zero-order valence-corrected chi connectivity index (χ0v) is 18.2. The number of para-hydroxylation sites is 1. The van der Waals surface area contributed by atoms with Gasteiger partial charge in [0.25, 0.3) is 0 Å². The molecule has 8 heteroatoms. The molecule has 1 heterocycles. The summed E-state index contributed by atoms with van der Waals surface area (Å²) in [7, 11) is 0. The minimum Gasteiger partial charge on any atom is -0.444 e. The van der Waals surface area contributed by atoms with E-state index in [1.165, 1.54) is 0 Å². The van der Waals surface area contributed by atoms with E-state index < -0.39 is 5.60 Å². The normalized spacial score (nSPS) is 14.3. The predicted octanol–water partition coefficient (Wildman–Crippen LogP) is 5.04. The number of hydrogen-bond donors (Lipinski definition) is 2. The second-order valence-electron chi connectivity index (χ2n) is 8.06. The zero-order chi connectivity index (χ0) is 21.7.